The number of ether oxygens (including phenoxy) is 1. The van der Waals surface area contributed by atoms with Gasteiger partial charge in [-0.1, -0.05) is 29.5 Å². The molecule has 0 bridgehead atoms. The molecule has 1 aromatic carbocycles. The zero-order valence-electron chi connectivity index (χ0n) is 10.3. The third-order valence-electron chi connectivity index (χ3n) is 3.06. The van der Waals surface area contributed by atoms with E-state index in [4.69, 9.17) is 10.5 Å². The highest BCUT2D eigenvalue weighted by Gasteiger charge is 2.36. The number of hydrogen-bond acceptors (Lipinski definition) is 5. The Kier molecular flexibility index (Phi) is 4.64. The minimum Gasteiger partial charge on any atom is -0.390 e. The Morgan fingerprint density at radius 2 is 2.00 bits per heavy atom. The maximum atomic E-state index is 9.77. The van der Waals surface area contributed by atoms with Gasteiger partial charge in [0.05, 0.1) is 12.2 Å². The van der Waals surface area contributed by atoms with Crippen LogP contribution in [0.25, 0.3) is 0 Å². The van der Waals surface area contributed by atoms with E-state index in [0.717, 1.165) is 4.90 Å². The first-order valence-corrected chi connectivity index (χ1v) is 6.93. The molecule has 18 heavy (non-hydrogen) atoms. The summed E-state index contributed by atoms with van der Waals surface area (Å²) in [7, 11) is 0. The second-order valence-electron chi connectivity index (χ2n) is 4.56. The van der Waals surface area contributed by atoms with E-state index < -0.39 is 18.3 Å². The maximum Gasteiger partial charge on any atom is 0.110 e. The van der Waals surface area contributed by atoms with Crippen molar-refractivity contribution in [1.82, 2.24) is 0 Å². The quantitative estimate of drug-likeness (QED) is 0.759. The van der Waals surface area contributed by atoms with E-state index >= 15 is 0 Å². The summed E-state index contributed by atoms with van der Waals surface area (Å²) in [4.78, 5) is 1.09. The van der Waals surface area contributed by atoms with Gasteiger partial charge in [0.25, 0.3) is 0 Å². The van der Waals surface area contributed by atoms with Crippen LogP contribution < -0.4 is 5.73 Å². The molecule has 5 heteroatoms. The van der Waals surface area contributed by atoms with Crippen molar-refractivity contribution < 1.29 is 14.9 Å². The van der Waals surface area contributed by atoms with E-state index in [-0.39, 0.29) is 12.0 Å². The zero-order valence-corrected chi connectivity index (χ0v) is 11.1. The Bertz CT molecular complexity index is 384. The molecule has 4 atom stereocenters. The summed E-state index contributed by atoms with van der Waals surface area (Å²) in [6.45, 7) is 2.25. The first-order chi connectivity index (χ1) is 8.60. The van der Waals surface area contributed by atoms with Crippen LogP contribution in [0.2, 0.25) is 0 Å². The Hall–Kier alpha value is -0.590. The first kappa shape index (κ1) is 13.8. The number of aliphatic hydroxyl groups excluding tert-OH is 2. The molecule has 1 aromatic rings. The molecule has 4 unspecified atom stereocenters. The van der Waals surface area contributed by atoms with Crippen molar-refractivity contribution in [3.05, 3.63) is 29.8 Å². The molecule has 0 radical (unpaired) electrons. The lowest BCUT2D eigenvalue weighted by Crippen LogP contribution is -2.50. The lowest BCUT2D eigenvalue weighted by molar-refractivity contribution is -0.140. The Morgan fingerprint density at radius 3 is 2.61 bits per heavy atom. The molecule has 1 aliphatic rings. The standard InChI is InChI=1S/C13H19NO3S/c1-8-2-4-9(5-3-8)18-12-6-10(15)13(16)11(7-14)17-12/h2-5,10-13,15-16H,6-7,14H2,1H3. The Balaban J connectivity index is 1.99. The molecule has 0 aromatic heterocycles. The number of nitrogens with two attached hydrogens (primary N) is 1. The van der Waals surface area contributed by atoms with Crippen LogP contribution in [0.5, 0.6) is 0 Å². The monoisotopic (exact) mass is 269 g/mol. The predicted octanol–water partition coefficient (Wildman–Crippen LogP) is 0.883. The number of aliphatic hydroxyl groups is 2. The van der Waals surface area contributed by atoms with Crippen LogP contribution in [0, 0.1) is 6.92 Å². The van der Waals surface area contributed by atoms with Crippen LogP contribution >= 0.6 is 11.8 Å². The van der Waals surface area contributed by atoms with Crippen LogP contribution in [0.4, 0.5) is 0 Å². The average molecular weight is 269 g/mol. The van der Waals surface area contributed by atoms with E-state index in [2.05, 4.69) is 0 Å². The van der Waals surface area contributed by atoms with Crippen LogP contribution in [0.1, 0.15) is 12.0 Å². The second-order valence-corrected chi connectivity index (χ2v) is 5.80. The van der Waals surface area contributed by atoms with Crippen molar-refractivity contribution in [2.24, 2.45) is 5.73 Å². The van der Waals surface area contributed by atoms with Crippen molar-refractivity contribution in [1.29, 1.82) is 0 Å². The highest BCUT2D eigenvalue weighted by Crippen LogP contribution is 2.32. The number of benzene rings is 1. The van der Waals surface area contributed by atoms with Crippen LogP contribution in [-0.4, -0.2) is 40.5 Å². The van der Waals surface area contributed by atoms with Crippen molar-refractivity contribution in [3.8, 4) is 0 Å². The van der Waals surface area contributed by atoms with Gasteiger partial charge in [-0.25, -0.2) is 0 Å². The molecule has 2 rings (SSSR count). The van der Waals surface area contributed by atoms with E-state index in [0.29, 0.717) is 6.42 Å². The largest absolute Gasteiger partial charge is 0.390 e. The number of aryl methyl sites for hydroxylation is 1. The molecule has 4 nitrogen and oxygen atoms in total. The molecule has 0 amide bonds. The van der Waals surface area contributed by atoms with E-state index in [9.17, 15) is 10.2 Å². The second kappa shape index (κ2) is 6.04. The van der Waals surface area contributed by atoms with Gasteiger partial charge in [0.2, 0.25) is 0 Å². The number of thioether (sulfide) groups is 1. The highest BCUT2D eigenvalue weighted by molar-refractivity contribution is 7.99. The molecule has 0 aliphatic carbocycles. The molecule has 1 aliphatic heterocycles. The fraction of sp³-hybridized carbons (Fsp3) is 0.538. The number of rotatable bonds is 3. The third-order valence-corrected chi connectivity index (χ3v) is 4.17. The normalized spacial score (nSPS) is 32.4. The molecule has 1 fully saturated rings. The van der Waals surface area contributed by atoms with Crippen molar-refractivity contribution >= 4 is 11.8 Å². The predicted molar refractivity (Wildman–Crippen MR) is 71.4 cm³/mol. The first-order valence-electron chi connectivity index (χ1n) is 6.05. The Labute approximate surface area is 111 Å². The lowest BCUT2D eigenvalue weighted by Gasteiger charge is -2.36. The van der Waals surface area contributed by atoms with Gasteiger partial charge in [-0.2, -0.15) is 0 Å². The summed E-state index contributed by atoms with van der Waals surface area (Å²) in [5.74, 6) is 0. The summed E-state index contributed by atoms with van der Waals surface area (Å²) >= 11 is 1.55. The summed E-state index contributed by atoms with van der Waals surface area (Å²) in [5.41, 5.74) is 6.57. The molecular formula is C13H19NO3S. The molecular weight excluding hydrogens is 250 g/mol. The fourth-order valence-corrected chi connectivity index (χ4v) is 3.04. The van der Waals surface area contributed by atoms with E-state index in [1.54, 1.807) is 11.8 Å². The molecule has 1 saturated heterocycles. The summed E-state index contributed by atoms with van der Waals surface area (Å²) in [5, 5.41) is 19.5. The molecule has 0 spiro atoms. The molecule has 1 heterocycles. The maximum absolute atomic E-state index is 9.77. The van der Waals surface area contributed by atoms with E-state index in [1.807, 2.05) is 31.2 Å². The summed E-state index contributed by atoms with van der Waals surface area (Å²) < 4.78 is 5.68. The molecule has 0 saturated carbocycles. The molecule has 4 N–H and O–H groups in total. The van der Waals surface area contributed by atoms with Gasteiger partial charge >= 0.3 is 0 Å². The van der Waals surface area contributed by atoms with Gasteiger partial charge in [0, 0.05) is 17.9 Å². The highest BCUT2D eigenvalue weighted by atomic mass is 32.2. The SMILES string of the molecule is Cc1ccc(SC2CC(O)C(O)C(CN)O2)cc1. The van der Waals surface area contributed by atoms with Crippen LogP contribution in [-0.2, 0) is 4.74 Å². The fourth-order valence-electron chi connectivity index (χ4n) is 1.95. The van der Waals surface area contributed by atoms with Crippen molar-refractivity contribution in [2.75, 3.05) is 6.54 Å². The smallest absolute Gasteiger partial charge is 0.110 e. The van der Waals surface area contributed by atoms with Crippen LogP contribution in [0.15, 0.2) is 29.2 Å². The average Bonchev–Trinajstić information content (AvgIpc) is 2.36. The van der Waals surface area contributed by atoms with Crippen LogP contribution in [0.3, 0.4) is 0 Å². The Morgan fingerprint density at radius 1 is 1.33 bits per heavy atom. The van der Waals surface area contributed by atoms with Crippen molar-refractivity contribution in [3.63, 3.8) is 0 Å². The minimum atomic E-state index is -0.884. The van der Waals surface area contributed by atoms with E-state index in [1.165, 1.54) is 5.56 Å². The summed E-state index contributed by atoms with van der Waals surface area (Å²) in [6.07, 6.45) is -1.73. The molecule has 100 valence electrons. The zero-order chi connectivity index (χ0) is 13.1. The van der Waals surface area contributed by atoms with Crippen molar-refractivity contribution in [2.45, 2.75) is 42.0 Å². The lowest BCUT2D eigenvalue weighted by atomic mass is 10.0. The summed E-state index contributed by atoms with van der Waals surface area (Å²) in [6, 6.07) is 8.13. The number of hydrogen-bond donors (Lipinski definition) is 3. The van der Waals surface area contributed by atoms with Gasteiger partial charge in [-0.15, -0.1) is 0 Å². The minimum absolute atomic E-state index is 0.167. The van der Waals surface area contributed by atoms with Gasteiger partial charge in [0.15, 0.2) is 0 Å². The van der Waals surface area contributed by atoms with Gasteiger partial charge in [-0.05, 0) is 19.1 Å². The van der Waals surface area contributed by atoms with Gasteiger partial charge in [-0.3, -0.25) is 0 Å². The van der Waals surface area contributed by atoms with Gasteiger partial charge in [0.1, 0.15) is 11.5 Å². The topological polar surface area (TPSA) is 75.7 Å². The third kappa shape index (κ3) is 3.24. The van der Waals surface area contributed by atoms with Gasteiger partial charge < -0.3 is 20.7 Å².